The van der Waals surface area contributed by atoms with Gasteiger partial charge in [0.15, 0.2) is 5.78 Å². The van der Waals surface area contributed by atoms with Crippen LogP contribution in [-0.2, 0) is 24.0 Å². The van der Waals surface area contributed by atoms with Crippen LogP contribution in [0.3, 0.4) is 0 Å². The fourth-order valence-corrected chi connectivity index (χ4v) is 12.4. The van der Waals surface area contributed by atoms with Gasteiger partial charge < -0.3 is 16.0 Å². The molecule has 2 amide bonds. The maximum absolute atomic E-state index is 15.1. The van der Waals surface area contributed by atoms with Gasteiger partial charge in [-0.15, -0.1) is 0 Å². The van der Waals surface area contributed by atoms with Crippen LogP contribution in [0.5, 0.6) is 0 Å². The van der Waals surface area contributed by atoms with Crippen LogP contribution >= 0.6 is 0 Å². The van der Waals surface area contributed by atoms with E-state index < -0.39 is 35.0 Å². The first kappa shape index (κ1) is 40.5. The van der Waals surface area contributed by atoms with Gasteiger partial charge in [-0.3, -0.25) is 28.9 Å². The number of nitrogens with one attached hydrogen (secondary N) is 1. The number of nitrogens with two attached hydrogens (primary N) is 1. The Balaban J connectivity index is 1.22. The molecule has 9 heteroatoms. The van der Waals surface area contributed by atoms with Crippen LogP contribution in [0, 0.1) is 51.2 Å². The van der Waals surface area contributed by atoms with E-state index >= 15 is 4.79 Å². The Morgan fingerprint density at radius 2 is 1.51 bits per heavy atom. The first-order valence-corrected chi connectivity index (χ1v) is 21.5. The Morgan fingerprint density at radius 1 is 0.830 bits per heavy atom. The highest BCUT2D eigenvalue weighted by Gasteiger charge is 2.85. The van der Waals surface area contributed by atoms with Gasteiger partial charge in [-0.05, 0) is 73.5 Å². The summed E-state index contributed by atoms with van der Waals surface area (Å²) in [6.07, 6.45) is 14.3. The van der Waals surface area contributed by atoms with Gasteiger partial charge in [-0.2, -0.15) is 0 Å². The molecule has 0 aromatic heterocycles. The molecule has 3 N–H and O–H groups in total. The van der Waals surface area contributed by atoms with Crippen LogP contribution in [0.15, 0.2) is 0 Å². The molecule has 6 rings (SSSR count). The minimum absolute atomic E-state index is 0.00100. The van der Waals surface area contributed by atoms with Crippen molar-refractivity contribution >= 4 is 29.2 Å². The highest BCUT2D eigenvalue weighted by Crippen LogP contribution is 2.88. The number of nitrogens with zero attached hydrogens (tertiary/aromatic N) is 2. The molecule has 6 fully saturated rings. The van der Waals surface area contributed by atoms with E-state index in [1.807, 2.05) is 4.90 Å². The van der Waals surface area contributed by atoms with Crippen molar-refractivity contribution in [1.29, 1.82) is 0 Å². The number of Topliss-reactive ketones (excluding diaryl/α,β-unsaturated/α-hetero) is 3. The molecule has 9 nitrogen and oxygen atoms in total. The molecule has 0 aromatic carbocycles. The van der Waals surface area contributed by atoms with Crippen molar-refractivity contribution in [3.63, 3.8) is 0 Å². The van der Waals surface area contributed by atoms with Crippen LogP contribution in [0.25, 0.3) is 0 Å². The number of hydrogen-bond donors (Lipinski definition) is 2. The summed E-state index contributed by atoms with van der Waals surface area (Å²) >= 11 is 0. The van der Waals surface area contributed by atoms with E-state index in [1.54, 1.807) is 0 Å². The summed E-state index contributed by atoms with van der Waals surface area (Å²) < 4.78 is 0. The van der Waals surface area contributed by atoms with Crippen molar-refractivity contribution in [2.24, 2.45) is 57.0 Å². The Labute approximate surface area is 320 Å². The second-order valence-corrected chi connectivity index (χ2v) is 21.0. The molecular weight excluding hydrogens is 665 g/mol. The molecule has 4 saturated carbocycles. The highest BCUT2D eigenvalue weighted by atomic mass is 16.2. The second kappa shape index (κ2) is 15.1. The molecule has 2 heterocycles. The molecule has 1 unspecified atom stereocenters. The Hall–Kier alpha value is -2.13. The summed E-state index contributed by atoms with van der Waals surface area (Å²) in [5.41, 5.74) is 5.04. The molecule has 5 atom stereocenters. The molecule has 0 bridgehead atoms. The maximum atomic E-state index is 15.1. The number of likely N-dealkylation sites (tertiary alicyclic amines) is 1. The van der Waals surface area contributed by atoms with Crippen LogP contribution in [-0.4, -0.2) is 83.3 Å². The van der Waals surface area contributed by atoms with Gasteiger partial charge in [0, 0.05) is 74.8 Å². The monoisotopic (exact) mass is 737 g/mol. The first-order chi connectivity index (χ1) is 24.8. The third-order valence-electron chi connectivity index (χ3n) is 16.1. The number of fused-ring (bicyclic) bond motifs is 1. The van der Waals surface area contributed by atoms with E-state index in [1.165, 1.54) is 38.5 Å². The summed E-state index contributed by atoms with van der Waals surface area (Å²) in [5, 5.41) is 3.62. The van der Waals surface area contributed by atoms with Crippen molar-refractivity contribution in [2.75, 3.05) is 32.7 Å². The third kappa shape index (κ3) is 7.82. The lowest BCUT2D eigenvalue weighted by Crippen LogP contribution is -2.58. The molecule has 0 radical (unpaired) electrons. The SMILES string of the molecule is CC1(C)CN(C[C@@H](CC(=O)C[C@H](C(=O)N2C[C@]3(C[C@H]2C(=O)CC(CC2CCC2)C(=O)C(N)=O)C(C)(C)C32CCC2)C(C)(C)C)C2CCCCC2)CCN1. The Bertz CT molecular complexity index is 1420. The third-order valence-corrected chi connectivity index (χ3v) is 16.1. The van der Waals surface area contributed by atoms with Gasteiger partial charge in [-0.25, -0.2) is 0 Å². The number of primary amides is 1. The molecule has 298 valence electrons. The Morgan fingerprint density at radius 3 is 2.04 bits per heavy atom. The van der Waals surface area contributed by atoms with E-state index in [-0.39, 0.29) is 58.0 Å². The maximum Gasteiger partial charge on any atom is 0.285 e. The topological polar surface area (TPSA) is 130 Å². The van der Waals surface area contributed by atoms with Crippen LogP contribution in [0.1, 0.15) is 151 Å². The lowest BCUT2D eigenvalue weighted by molar-refractivity contribution is -0.147. The van der Waals surface area contributed by atoms with E-state index in [9.17, 15) is 19.2 Å². The molecule has 4 aliphatic carbocycles. The number of carbonyl (C=O) groups excluding carboxylic acids is 5. The normalized spacial score (nSPS) is 29.9. The van der Waals surface area contributed by atoms with Crippen molar-refractivity contribution in [1.82, 2.24) is 15.1 Å². The smallest absolute Gasteiger partial charge is 0.285 e. The Kier molecular flexibility index (Phi) is 11.5. The lowest BCUT2D eigenvalue weighted by Gasteiger charge is -2.42. The summed E-state index contributed by atoms with van der Waals surface area (Å²) in [7, 11) is 0. The van der Waals surface area contributed by atoms with Gasteiger partial charge in [0.2, 0.25) is 11.7 Å². The number of amides is 2. The fraction of sp³-hybridized carbons (Fsp3) is 0.886. The van der Waals surface area contributed by atoms with Gasteiger partial charge >= 0.3 is 0 Å². The average Bonchev–Trinajstić information content (AvgIpc) is 3.25. The zero-order valence-corrected chi connectivity index (χ0v) is 34.3. The van der Waals surface area contributed by atoms with E-state index in [0.717, 1.165) is 58.3 Å². The minimum atomic E-state index is -0.979. The van der Waals surface area contributed by atoms with Gasteiger partial charge in [-0.1, -0.05) is 92.4 Å². The molecule has 6 aliphatic rings. The average molecular weight is 737 g/mol. The summed E-state index contributed by atoms with van der Waals surface area (Å²) in [4.78, 5) is 73.5. The number of piperazine rings is 1. The number of hydrogen-bond acceptors (Lipinski definition) is 7. The summed E-state index contributed by atoms with van der Waals surface area (Å²) in [6.45, 7) is 19.6. The minimum Gasteiger partial charge on any atom is -0.363 e. The zero-order valence-electron chi connectivity index (χ0n) is 34.3. The lowest BCUT2D eigenvalue weighted by atomic mass is 9.73. The summed E-state index contributed by atoms with van der Waals surface area (Å²) in [6, 6.07) is -0.655. The van der Waals surface area contributed by atoms with Crippen LogP contribution in [0.4, 0.5) is 0 Å². The van der Waals surface area contributed by atoms with Crippen molar-refractivity contribution < 1.29 is 24.0 Å². The van der Waals surface area contributed by atoms with Crippen LogP contribution < -0.4 is 11.1 Å². The largest absolute Gasteiger partial charge is 0.363 e. The first-order valence-electron chi connectivity index (χ1n) is 21.5. The summed E-state index contributed by atoms with van der Waals surface area (Å²) in [5.74, 6) is -1.84. The molecular formula is C44H72N4O5. The van der Waals surface area contributed by atoms with Crippen molar-refractivity contribution in [2.45, 2.75) is 163 Å². The predicted molar refractivity (Wildman–Crippen MR) is 208 cm³/mol. The second-order valence-electron chi connectivity index (χ2n) is 21.0. The quantitative estimate of drug-likeness (QED) is 0.184. The molecule has 2 spiro atoms. The van der Waals surface area contributed by atoms with Gasteiger partial charge in [0.05, 0.1) is 6.04 Å². The number of rotatable bonds is 15. The molecule has 53 heavy (non-hydrogen) atoms. The van der Waals surface area contributed by atoms with Gasteiger partial charge in [0.1, 0.15) is 5.78 Å². The van der Waals surface area contributed by atoms with E-state index in [2.05, 4.69) is 58.7 Å². The predicted octanol–water partition coefficient (Wildman–Crippen LogP) is 6.50. The zero-order chi connectivity index (χ0) is 38.6. The van der Waals surface area contributed by atoms with Crippen LogP contribution in [0.2, 0.25) is 0 Å². The number of carbonyl (C=O) groups is 5. The van der Waals surface area contributed by atoms with E-state index in [4.69, 9.17) is 5.73 Å². The highest BCUT2D eigenvalue weighted by molar-refractivity contribution is 6.36. The standard InChI is InChI=1S/C44H72N4O5/c1-40(2,3)34(24-33(49)22-32(30-15-9-8-10-16-30)26-47-20-19-46-41(4,5)27-47)39(53)48-28-44(42(6,7)43(44)17-12-18-43)25-35(48)36(50)23-31(37(51)38(45)52)21-29-13-11-14-29/h29-32,34-35,46H,8-28H2,1-7H3,(H2,45,52)/t31?,32-,34-,35+,44-/m1/s1. The van der Waals surface area contributed by atoms with Crippen molar-refractivity contribution in [3.8, 4) is 0 Å². The molecule has 0 aromatic rings. The van der Waals surface area contributed by atoms with E-state index in [0.29, 0.717) is 37.6 Å². The van der Waals surface area contributed by atoms with Gasteiger partial charge in [0.25, 0.3) is 5.91 Å². The number of ketones is 3. The van der Waals surface area contributed by atoms with Crippen molar-refractivity contribution in [3.05, 3.63) is 0 Å². The molecule has 2 saturated heterocycles. The molecule has 2 aliphatic heterocycles. The fourth-order valence-electron chi connectivity index (χ4n) is 12.4.